The summed E-state index contributed by atoms with van der Waals surface area (Å²) in [5.41, 5.74) is 1.43. The zero-order valence-corrected chi connectivity index (χ0v) is 15.6. The second-order valence-electron chi connectivity index (χ2n) is 6.02. The first-order valence-corrected chi connectivity index (χ1v) is 9.09. The molecule has 0 saturated carbocycles. The summed E-state index contributed by atoms with van der Waals surface area (Å²) in [6.45, 7) is 3.25. The molecule has 0 amide bonds. The Morgan fingerprint density at radius 1 is 1.23 bits per heavy atom. The van der Waals surface area contributed by atoms with Gasteiger partial charge < -0.3 is 10.1 Å². The Bertz CT molecular complexity index is 767. The van der Waals surface area contributed by atoms with Crippen LogP contribution >= 0.6 is 15.9 Å². The molecule has 1 saturated heterocycles. The van der Waals surface area contributed by atoms with Crippen LogP contribution in [0.5, 0.6) is 0 Å². The van der Waals surface area contributed by atoms with Gasteiger partial charge in [0.15, 0.2) is 0 Å². The maximum atomic E-state index is 13.3. The topological polar surface area (TPSA) is 67.6 Å². The van der Waals surface area contributed by atoms with Crippen LogP contribution < -0.4 is 5.32 Å². The van der Waals surface area contributed by atoms with Crippen molar-refractivity contribution in [3.05, 3.63) is 68.4 Å². The number of benzene rings is 2. The molecule has 0 radical (unpaired) electrons. The van der Waals surface area contributed by atoms with Crippen LogP contribution in [-0.2, 0) is 4.74 Å². The number of hydrogen-bond acceptors (Lipinski definition) is 5. The fourth-order valence-corrected chi connectivity index (χ4v) is 3.39. The SMILES string of the molecule is O=[N+]([O-])c1cc(Br)ccc1NCC(c1ccc(F)cc1)N1CCOCC1. The van der Waals surface area contributed by atoms with E-state index in [0.29, 0.717) is 29.9 Å². The number of anilines is 1. The first kappa shape index (κ1) is 18.8. The minimum Gasteiger partial charge on any atom is -0.379 e. The van der Waals surface area contributed by atoms with Gasteiger partial charge in [0.25, 0.3) is 5.69 Å². The summed E-state index contributed by atoms with van der Waals surface area (Å²) in [6, 6.07) is 11.3. The van der Waals surface area contributed by atoms with Gasteiger partial charge in [-0.3, -0.25) is 15.0 Å². The van der Waals surface area contributed by atoms with Crippen LogP contribution in [0, 0.1) is 15.9 Å². The van der Waals surface area contributed by atoms with Gasteiger partial charge in [-0.1, -0.05) is 28.1 Å². The second-order valence-corrected chi connectivity index (χ2v) is 6.93. The van der Waals surface area contributed by atoms with Crippen molar-refractivity contribution in [2.45, 2.75) is 6.04 Å². The molecule has 2 aromatic carbocycles. The smallest absolute Gasteiger partial charge is 0.293 e. The number of nitro benzene ring substituents is 1. The number of rotatable bonds is 6. The summed E-state index contributed by atoms with van der Waals surface area (Å²) in [7, 11) is 0. The molecule has 3 rings (SSSR count). The van der Waals surface area contributed by atoms with Crippen LogP contribution in [0.4, 0.5) is 15.8 Å². The van der Waals surface area contributed by atoms with E-state index in [-0.39, 0.29) is 17.5 Å². The summed E-state index contributed by atoms with van der Waals surface area (Å²) in [5, 5.41) is 14.5. The van der Waals surface area contributed by atoms with Gasteiger partial charge in [0.1, 0.15) is 11.5 Å². The Labute approximate surface area is 159 Å². The van der Waals surface area contributed by atoms with E-state index in [1.54, 1.807) is 24.3 Å². The van der Waals surface area contributed by atoms with Crippen LogP contribution in [-0.4, -0.2) is 42.7 Å². The molecule has 1 fully saturated rings. The van der Waals surface area contributed by atoms with E-state index >= 15 is 0 Å². The van der Waals surface area contributed by atoms with Gasteiger partial charge in [-0.25, -0.2) is 4.39 Å². The monoisotopic (exact) mass is 423 g/mol. The highest BCUT2D eigenvalue weighted by molar-refractivity contribution is 9.10. The number of ether oxygens (including phenoxy) is 1. The van der Waals surface area contributed by atoms with E-state index in [1.807, 2.05) is 0 Å². The molecular weight excluding hydrogens is 405 g/mol. The molecule has 8 heteroatoms. The molecule has 1 unspecified atom stereocenters. The fourth-order valence-electron chi connectivity index (χ4n) is 3.04. The normalized spacial score (nSPS) is 16.2. The minimum atomic E-state index is -0.408. The van der Waals surface area contributed by atoms with Gasteiger partial charge in [0.2, 0.25) is 0 Å². The quantitative estimate of drug-likeness (QED) is 0.561. The average molecular weight is 424 g/mol. The molecule has 1 aliphatic heterocycles. The second kappa shape index (κ2) is 8.57. The molecule has 1 heterocycles. The van der Waals surface area contributed by atoms with Crippen molar-refractivity contribution in [3.8, 4) is 0 Å². The van der Waals surface area contributed by atoms with Crippen LogP contribution in [0.3, 0.4) is 0 Å². The molecule has 1 aliphatic rings. The number of morpholine rings is 1. The molecular formula is C18H19BrFN3O3. The number of hydrogen-bond donors (Lipinski definition) is 1. The van der Waals surface area contributed by atoms with Crippen LogP contribution in [0.1, 0.15) is 11.6 Å². The predicted molar refractivity (Wildman–Crippen MR) is 101 cm³/mol. The fraction of sp³-hybridized carbons (Fsp3) is 0.333. The summed E-state index contributed by atoms with van der Waals surface area (Å²) < 4.78 is 19.4. The molecule has 138 valence electrons. The summed E-state index contributed by atoms with van der Waals surface area (Å²) >= 11 is 3.26. The van der Waals surface area contributed by atoms with Gasteiger partial charge in [-0.05, 0) is 29.8 Å². The van der Waals surface area contributed by atoms with Gasteiger partial charge in [0.05, 0.1) is 24.2 Å². The first-order valence-electron chi connectivity index (χ1n) is 8.29. The van der Waals surface area contributed by atoms with E-state index in [9.17, 15) is 14.5 Å². The molecule has 0 spiro atoms. The Morgan fingerprint density at radius 2 is 1.92 bits per heavy atom. The summed E-state index contributed by atoms with van der Waals surface area (Å²) in [6.07, 6.45) is 0. The molecule has 26 heavy (non-hydrogen) atoms. The lowest BCUT2D eigenvalue weighted by molar-refractivity contribution is -0.384. The van der Waals surface area contributed by atoms with E-state index in [4.69, 9.17) is 4.74 Å². The van der Waals surface area contributed by atoms with Crippen LogP contribution in [0.2, 0.25) is 0 Å². The number of halogens is 2. The van der Waals surface area contributed by atoms with Crippen molar-refractivity contribution in [3.63, 3.8) is 0 Å². The molecule has 0 aliphatic carbocycles. The maximum Gasteiger partial charge on any atom is 0.293 e. The Hall–Kier alpha value is -2.03. The van der Waals surface area contributed by atoms with Gasteiger partial charge in [-0.2, -0.15) is 0 Å². The third-order valence-electron chi connectivity index (χ3n) is 4.38. The van der Waals surface area contributed by atoms with Crippen molar-refractivity contribution in [2.24, 2.45) is 0 Å². The first-order chi connectivity index (χ1) is 12.5. The molecule has 1 atom stereocenters. The van der Waals surface area contributed by atoms with Crippen molar-refractivity contribution in [2.75, 3.05) is 38.2 Å². The van der Waals surface area contributed by atoms with E-state index in [1.165, 1.54) is 18.2 Å². The third kappa shape index (κ3) is 4.57. The maximum absolute atomic E-state index is 13.3. The number of nitro groups is 1. The number of nitrogens with one attached hydrogen (secondary N) is 1. The van der Waals surface area contributed by atoms with Gasteiger partial charge in [0, 0.05) is 30.2 Å². The Morgan fingerprint density at radius 3 is 2.58 bits per heavy atom. The molecule has 6 nitrogen and oxygen atoms in total. The van der Waals surface area contributed by atoms with Crippen molar-refractivity contribution >= 4 is 27.3 Å². The summed E-state index contributed by atoms with van der Waals surface area (Å²) in [4.78, 5) is 13.1. The Balaban J connectivity index is 1.82. The van der Waals surface area contributed by atoms with Gasteiger partial charge in [-0.15, -0.1) is 0 Å². The lowest BCUT2D eigenvalue weighted by Gasteiger charge is -2.35. The minimum absolute atomic E-state index is 0.0132. The lowest BCUT2D eigenvalue weighted by atomic mass is 10.0. The lowest BCUT2D eigenvalue weighted by Crippen LogP contribution is -2.41. The highest BCUT2D eigenvalue weighted by Gasteiger charge is 2.24. The van der Waals surface area contributed by atoms with Crippen molar-refractivity contribution in [1.82, 2.24) is 4.90 Å². The predicted octanol–water partition coefficient (Wildman–Crippen LogP) is 3.98. The largest absolute Gasteiger partial charge is 0.379 e. The van der Waals surface area contributed by atoms with E-state index in [0.717, 1.165) is 18.7 Å². The number of nitrogens with zero attached hydrogens (tertiary/aromatic N) is 2. The van der Waals surface area contributed by atoms with Crippen LogP contribution in [0.15, 0.2) is 46.9 Å². The molecule has 2 aromatic rings. The van der Waals surface area contributed by atoms with Crippen LogP contribution in [0.25, 0.3) is 0 Å². The van der Waals surface area contributed by atoms with Crippen molar-refractivity contribution in [1.29, 1.82) is 0 Å². The highest BCUT2D eigenvalue weighted by Crippen LogP contribution is 2.30. The zero-order valence-electron chi connectivity index (χ0n) is 14.0. The van der Waals surface area contributed by atoms with Crippen molar-refractivity contribution < 1.29 is 14.1 Å². The van der Waals surface area contributed by atoms with E-state index < -0.39 is 4.92 Å². The molecule has 0 aromatic heterocycles. The summed E-state index contributed by atoms with van der Waals surface area (Å²) in [5.74, 6) is -0.286. The standard InChI is InChI=1S/C18H19BrFN3O3/c19-14-3-6-16(17(11-14)23(24)25)21-12-18(22-7-9-26-10-8-22)13-1-4-15(20)5-2-13/h1-6,11,18,21H,7-10,12H2. The molecule has 1 N–H and O–H groups in total. The molecule has 0 bridgehead atoms. The van der Waals surface area contributed by atoms with E-state index in [2.05, 4.69) is 26.1 Å². The highest BCUT2D eigenvalue weighted by atomic mass is 79.9. The zero-order chi connectivity index (χ0) is 18.5. The third-order valence-corrected chi connectivity index (χ3v) is 4.88. The average Bonchev–Trinajstić information content (AvgIpc) is 2.65. The van der Waals surface area contributed by atoms with Gasteiger partial charge >= 0.3 is 0 Å². The Kier molecular flexibility index (Phi) is 6.18.